The summed E-state index contributed by atoms with van der Waals surface area (Å²) in [5.74, 6) is 1.77. The van der Waals surface area contributed by atoms with Gasteiger partial charge in [-0.15, -0.1) is 0 Å². The Morgan fingerprint density at radius 2 is 0.683 bits per heavy atom. The van der Waals surface area contributed by atoms with Gasteiger partial charge < -0.3 is 44.5 Å². The molecule has 8 amide bonds. The summed E-state index contributed by atoms with van der Waals surface area (Å²) in [6.45, 7) is 22.3. The van der Waals surface area contributed by atoms with Crippen molar-refractivity contribution in [2.24, 2.45) is 64.3 Å². The summed E-state index contributed by atoms with van der Waals surface area (Å²) in [6, 6.07) is 25.9. The van der Waals surface area contributed by atoms with Gasteiger partial charge in [0.15, 0.2) is 0 Å². The summed E-state index contributed by atoms with van der Waals surface area (Å²) < 4.78 is 26.0. The van der Waals surface area contributed by atoms with E-state index in [1.807, 2.05) is 91.0 Å². The first-order valence-electron chi connectivity index (χ1n) is 40.3. The number of ether oxygens (including phenoxy) is 5. The third kappa shape index (κ3) is 48.7. The van der Waals surface area contributed by atoms with Crippen LogP contribution < -0.4 is 10.6 Å². The molecule has 3 aliphatic heterocycles. The minimum atomic E-state index is -0.981. The standard InChI is InChI=1S/C24H34N2O5.C19H24N4O3.C19H25NO3.C14H25NO4.C9H16O2.4CH4.12H2S/c1-16-10-12-18(13-11-16)20(25-22(28)31-24(2,3)4)21(27)26-19(15-30-23(26)29)14-17-8-6-5-7-9-17;1-13-7-9-15(10-8-13)17(21-22-20)18(24)23-16(12-26-19(23)25)11-14-5-3-2-4-6-14;1-14-7-9-16(10-8-14)12-18(21)20-17(13-23-19(20)22)11-15-5-3-2-4-6-15;1-9-5-7-10(8-6-9)11(12(16)17)15-13(18)19-14(2,3)4;1-7-2-4-8(5-3-7)6-9(10)11;;;;;;;;;;;;;;;;/h5-9,16,18-20H,10-15H2,1-4H3,(H,25,28);2-6,13,15-17H,7-12H2,1H3;2-6,14,16-17H,7-13H2,1H3;9-11H,5-8H2,1-4H3,(H,15,18)(H,16,17);7-8H,2-6H2,1H3,(H,10,11);4*1H4;12*1H2/t16?,18?,19-,20-;13?,15?,16-,17-;14?,16?,17-;9?,10?,11-;;;;;;;;;;;;;;;;;/m0000................./s1. The largest absolute Gasteiger partial charge is 0.481 e. The van der Waals surface area contributed by atoms with E-state index in [-0.39, 0.29) is 241 Å². The van der Waals surface area contributed by atoms with Gasteiger partial charge in [-0.1, -0.05) is 225 Å². The van der Waals surface area contributed by atoms with E-state index in [9.17, 15) is 53.1 Å². The van der Waals surface area contributed by atoms with Crippen LogP contribution in [-0.2, 0) is 66.9 Å². The second-order valence-corrected chi connectivity index (χ2v) is 34.3. The molecule has 11 rings (SSSR count). The Kier molecular flexibility index (Phi) is 80.1. The number of nitrogens with one attached hydrogen (secondary N) is 2. The van der Waals surface area contributed by atoms with E-state index in [4.69, 9.17) is 34.3 Å². The van der Waals surface area contributed by atoms with Crippen LogP contribution >= 0.6 is 162 Å². The van der Waals surface area contributed by atoms with Crippen molar-refractivity contribution in [3.8, 4) is 0 Å². The molecule has 0 aromatic heterocycles. The zero-order valence-electron chi connectivity index (χ0n) is 72.9. The van der Waals surface area contributed by atoms with Gasteiger partial charge in [0, 0.05) is 17.8 Å². The van der Waals surface area contributed by atoms with Gasteiger partial charge in [-0.25, -0.2) is 43.5 Å². The summed E-state index contributed by atoms with van der Waals surface area (Å²) in [5.41, 5.74) is 10.8. The Morgan fingerprint density at radius 1 is 0.413 bits per heavy atom. The average molecular weight is 2000 g/mol. The van der Waals surface area contributed by atoms with Gasteiger partial charge in [0.2, 0.25) is 11.8 Å². The fourth-order valence-corrected chi connectivity index (χ4v) is 16.2. The fourth-order valence-electron chi connectivity index (χ4n) is 16.2. The van der Waals surface area contributed by atoms with Crippen LogP contribution in [0, 0.1) is 59.2 Å². The quantitative estimate of drug-likeness (QED) is 0.0375. The number of benzene rings is 3. The van der Waals surface area contributed by atoms with Crippen LogP contribution in [0.4, 0.5) is 24.0 Å². The van der Waals surface area contributed by atoms with Crippen molar-refractivity contribution < 1.29 is 81.8 Å². The number of azide groups is 1. The molecule has 8 aliphatic rings. The maximum absolute atomic E-state index is 13.6. The number of hydrogen-bond acceptors (Lipinski definition) is 16. The third-order valence-corrected chi connectivity index (χ3v) is 22.6. The number of carboxylic acid groups (broad SMARTS) is 2. The summed E-state index contributed by atoms with van der Waals surface area (Å²) in [6.07, 6.45) is 19.8. The molecular formula is C89H164N8O17S12. The lowest BCUT2D eigenvalue weighted by Gasteiger charge is -2.35. The van der Waals surface area contributed by atoms with Crippen LogP contribution in [0.1, 0.15) is 264 Å². The van der Waals surface area contributed by atoms with Crippen LogP contribution in [0.25, 0.3) is 10.4 Å². The summed E-state index contributed by atoms with van der Waals surface area (Å²) in [4.78, 5) is 129. The number of alkyl carbamates (subject to hydrolysis) is 2. The van der Waals surface area contributed by atoms with Crippen molar-refractivity contribution in [2.45, 2.75) is 314 Å². The predicted octanol–water partition coefficient (Wildman–Crippen LogP) is 21.1. The van der Waals surface area contributed by atoms with Crippen molar-refractivity contribution in [2.75, 3.05) is 19.8 Å². The van der Waals surface area contributed by atoms with E-state index in [0.29, 0.717) is 68.3 Å². The van der Waals surface area contributed by atoms with Gasteiger partial charge in [0.25, 0.3) is 5.91 Å². The van der Waals surface area contributed by atoms with E-state index in [2.05, 4.69) is 55.3 Å². The Hall–Kier alpha value is -4.53. The maximum Gasteiger partial charge on any atom is 0.417 e. The highest BCUT2D eigenvalue weighted by molar-refractivity contribution is 7.60. The van der Waals surface area contributed by atoms with Crippen LogP contribution in [0.3, 0.4) is 0 Å². The van der Waals surface area contributed by atoms with Crippen molar-refractivity contribution in [3.05, 3.63) is 118 Å². The van der Waals surface area contributed by atoms with E-state index in [1.54, 1.807) is 41.5 Å². The molecule has 3 aromatic rings. The van der Waals surface area contributed by atoms with Gasteiger partial charge in [-0.3, -0.25) is 19.2 Å². The molecular weight excluding hydrogens is 1840 g/mol. The molecule has 0 spiro atoms. The number of rotatable bonds is 19. The molecule has 3 aromatic carbocycles. The SMILES string of the molecule is C.C.C.C.CC1CCC(CC(=O)N2C(=O)OC[C@@H]2Cc2ccccc2)CC1.CC1CCC(CC(=O)O)CC1.CC1CCC([C@H](N=[N+]=[N-])C(=O)N2C(=O)OC[C@@H]2Cc2ccccc2)CC1.CC1CCC([C@H](NC(=O)OC(C)(C)C)C(=O)N2C(=O)OC[C@@H]2Cc2ccccc2)CC1.CC1CCC([C@H](NC(=O)OC(C)(C)C)C(=O)O)CC1.S.S.S.S.S.S.S.S.S.S.S.S. The number of hydrogen-bond donors (Lipinski definition) is 4. The van der Waals surface area contributed by atoms with Crippen LogP contribution in [0.15, 0.2) is 96.1 Å². The first-order valence-corrected chi connectivity index (χ1v) is 40.3. The molecule has 0 radical (unpaired) electrons. The van der Waals surface area contributed by atoms with Gasteiger partial charge in [0.05, 0.1) is 18.1 Å². The zero-order valence-corrected chi connectivity index (χ0v) is 84.9. The highest BCUT2D eigenvalue weighted by Crippen LogP contribution is 2.38. The van der Waals surface area contributed by atoms with Crippen molar-refractivity contribution >= 4 is 222 Å². The second kappa shape index (κ2) is 71.1. The lowest BCUT2D eigenvalue weighted by Crippen LogP contribution is -2.56. The van der Waals surface area contributed by atoms with Gasteiger partial charge in [-0.2, -0.15) is 162 Å². The number of amides is 8. The predicted molar refractivity (Wildman–Crippen MR) is 567 cm³/mol. The molecule has 25 nitrogen and oxygen atoms in total. The molecule has 37 heteroatoms. The van der Waals surface area contributed by atoms with Crippen LogP contribution in [-0.4, -0.2) is 152 Å². The molecule has 4 N–H and O–H groups in total. The molecule has 0 unspecified atom stereocenters. The molecule has 3 saturated heterocycles. The number of aliphatic carboxylic acids is 2. The molecule has 8 fully saturated rings. The minimum Gasteiger partial charge on any atom is -0.481 e. The topological polar surface area (TPSA) is 340 Å². The molecule has 5 saturated carbocycles. The van der Waals surface area contributed by atoms with Crippen molar-refractivity contribution in [1.29, 1.82) is 0 Å². The molecule has 0 bridgehead atoms. The smallest absolute Gasteiger partial charge is 0.417 e. The number of carboxylic acids is 2. The first kappa shape index (κ1) is 142. The summed E-state index contributed by atoms with van der Waals surface area (Å²) in [7, 11) is 0. The summed E-state index contributed by atoms with van der Waals surface area (Å²) in [5, 5.41) is 26.9. The Bertz CT molecular complexity index is 3550. The molecule has 5 aliphatic carbocycles. The molecule has 6 atom stereocenters. The van der Waals surface area contributed by atoms with Crippen LogP contribution in [0.2, 0.25) is 0 Å². The maximum atomic E-state index is 13.6. The minimum absolute atomic E-state index is 0. The lowest BCUT2D eigenvalue weighted by molar-refractivity contribution is -0.141. The van der Waals surface area contributed by atoms with Crippen molar-refractivity contribution in [3.63, 3.8) is 0 Å². The van der Waals surface area contributed by atoms with Crippen LogP contribution in [0.5, 0.6) is 0 Å². The van der Waals surface area contributed by atoms with E-state index < -0.39 is 89.6 Å². The monoisotopic (exact) mass is 2000 g/mol. The number of carbonyl (C=O) groups excluding carboxylic acids is 8. The van der Waals surface area contributed by atoms with Gasteiger partial charge in [-0.05, 0) is 206 Å². The molecule has 734 valence electrons. The summed E-state index contributed by atoms with van der Waals surface area (Å²) >= 11 is 0. The normalized spacial score (nSPS) is 23.3. The van der Waals surface area contributed by atoms with E-state index >= 15 is 0 Å². The lowest BCUT2D eigenvalue weighted by atomic mass is 9.78. The second-order valence-electron chi connectivity index (χ2n) is 34.3. The fraction of sp³-hybridized carbons (Fsp3) is 0.685. The van der Waals surface area contributed by atoms with Gasteiger partial charge in [0.1, 0.15) is 49.1 Å². The van der Waals surface area contributed by atoms with Gasteiger partial charge >= 0.3 is 42.4 Å². The molecule has 126 heavy (non-hydrogen) atoms. The number of nitrogens with zero attached hydrogens (tertiary/aromatic N) is 6. The average Bonchev–Trinajstić information content (AvgIpc) is 1.58. The van der Waals surface area contributed by atoms with E-state index in [0.717, 1.165) is 131 Å². The Labute approximate surface area is 838 Å². The number of cyclic esters (lactones) is 3. The highest BCUT2D eigenvalue weighted by Gasteiger charge is 2.47. The third-order valence-electron chi connectivity index (χ3n) is 22.6. The molecule has 3 heterocycles. The Morgan fingerprint density at radius 3 is 0.984 bits per heavy atom. The Balaban J connectivity index is -0.000000166. The highest BCUT2D eigenvalue weighted by atomic mass is 32.1. The zero-order chi connectivity index (χ0) is 80.2. The number of imide groups is 3. The van der Waals surface area contributed by atoms with E-state index in [1.165, 1.54) is 40.4 Å². The first-order chi connectivity index (χ1) is 52.2. The van der Waals surface area contributed by atoms with Crippen molar-refractivity contribution in [1.82, 2.24) is 25.3 Å². The number of carbonyl (C=O) groups is 10.